The van der Waals surface area contributed by atoms with E-state index in [1.54, 1.807) is 18.3 Å². The van der Waals surface area contributed by atoms with Crippen molar-refractivity contribution in [3.63, 3.8) is 0 Å². The first-order chi connectivity index (χ1) is 15.4. The number of halogens is 2. The standard InChI is InChI=1S/C24H22F2N2O2.C2H6.2H2/c1-24(25,26)18-7-9-19(10-8-18)30-13-12-16-6-11-21-20(14-16)22(15-27-21)28-23(29)17-4-2-3-5-17;1-2;;/h2,6-11,14-15,27H,3,5,12-13H2,1H3,(H,28,29);1-2H3;2*1H. The van der Waals surface area contributed by atoms with E-state index in [0.29, 0.717) is 30.8 Å². The number of anilines is 1. The third kappa shape index (κ3) is 5.65. The Labute approximate surface area is 190 Å². The Hall–Kier alpha value is -3.37. The minimum absolute atomic E-state index is 0. The first kappa shape index (κ1) is 23.3. The Morgan fingerprint density at radius 3 is 2.62 bits per heavy atom. The summed E-state index contributed by atoms with van der Waals surface area (Å²) < 4.78 is 32.3. The summed E-state index contributed by atoms with van der Waals surface area (Å²) in [6.45, 7) is 5.29. The maximum atomic E-state index is 13.3. The van der Waals surface area contributed by atoms with Crippen LogP contribution in [0.4, 0.5) is 14.5 Å². The van der Waals surface area contributed by atoms with Crippen LogP contribution in [0.25, 0.3) is 10.9 Å². The molecule has 2 N–H and O–H groups in total. The normalized spacial score (nSPS) is 12.8. The molecule has 1 aromatic heterocycles. The van der Waals surface area contributed by atoms with E-state index in [-0.39, 0.29) is 14.3 Å². The molecule has 0 spiro atoms. The van der Waals surface area contributed by atoms with Crippen molar-refractivity contribution >= 4 is 22.5 Å². The molecule has 0 fully saturated rings. The minimum Gasteiger partial charge on any atom is -0.493 e. The van der Waals surface area contributed by atoms with Crippen molar-refractivity contribution in [1.29, 1.82) is 0 Å². The molecule has 1 amide bonds. The molecular weight excluding hydrogens is 410 g/mol. The molecule has 0 unspecified atom stereocenters. The van der Waals surface area contributed by atoms with Gasteiger partial charge in [-0.15, -0.1) is 5.73 Å². The SMILES string of the molecule is CC.CC(F)(F)c1ccc(OCCc2ccc3[nH]cc(NC(=O)C4=C=CCC4)c3c2)cc1.[HH].[HH]. The number of aromatic amines is 1. The zero-order chi connectivity index (χ0) is 23.1. The quantitative estimate of drug-likeness (QED) is 0.379. The van der Waals surface area contributed by atoms with Crippen LogP contribution >= 0.6 is 0 Å². The van der Waals surface area contributed by atoms with Crippen LogP contribution in [-0.4, -0.2) is 17.5 Å². The van der Waals surface area contributed by atoms with Gasteiger partial charge in [0, 0.05) is 38.9 Å². The molecule has 0 saturated heterocycles. The van der Waals surface area contributed by atoms with Gasteiger partial charge in [-0.05, 0) is 60.9 Å². The lowest BCUT2D eigenvalue weighted by molar-refractivity contribution is -0.112. The summed E-state index contributed by atoms with van der Waals surface area (Å²) in [7, 11) is 0. The van der Waals surface area contributed by atoms with Gasteiger partial charge in [-0.2, -0.15) is 0 Å². The van der Waals surface area contributed by atoms with E-state index < -0.39 is 5.92 Å². The second-order valence-corrected chi connectivity index (χ2v) is 7.41. The van der Waals surface area contributed by atoms with Crippen molar-refractivity contribution in [2.45, 2.75) is 46.0 Å². The summed E-state index contributed by atoms with van der Waals surface area (Å²) in [6, 6.07) is 11.9. The maximum Gasteiger partial charge on any atom is 0.270 e. The second-order valence-electron chi connectivity index (χ2n) is 7.41. The number of hydrogen-bond donors (Lipinski definition) is 2. The molecule has 1 heterocycles. The molecule has 6 heteroatoms. The van der Waals surface area contributed by atoms with E-state index >= 15 is 0 Å². The molecule has 32 heavy (non-hydrogen) atoms. The Morgan fingerprint density at radius 2 is 1.97 bits per heavy atom. The Balaban J connectivity index is 0.00000141. The van der Waals surface area contributed by atoms with Crippen LogP contribution in [0, 0.1) is 0 Å². The first-order valence-corrected chi connectivity index (χ1v) is 10.9. The molecule has 2 aromatic carbocycles. The number of benzene rings is 2. The lowest BCUT2D eigenvalue weighted by atomic mass is 10.1. The second kappa shape index (κ2) is 10.3. The number of carbonyl (C=O) groups is 1. The van der Waals surface area contributed by atoms with Crippen LogP contribution in [0.15, 0.2) is 66.0 Å². The highest BCUT2D eigenvalue weighted by Crippen LogP contribution is 2.29. The van der Waals surface area contributed by atoms with Crippen molar-refractivity contribution in [1.82, 2.24) is 4.98 Å². The largest absolute Gasteiger partial charge is 0.493 e. The Morgan fingerprint density at radius 1 is 1.22 bits per heavy atom. The fraction of sp³-hybridized carbons (Fsp3) is 0.308. The highest BCUT2D eigenvalue weighted by atomic mass is 19.3. The fourth-order valence-corrected chi connectivity index (χ4v) is 3.42. The molecule has 0 saturated carbocycles. The van der Waals surface area contributed by atoms with Crippen molar-refractivity contribution in [3.05, 3.63) is 77.2 Å². The van der Waals surface area contributed by atoms with Crippen molar-refractivity contribution in [3.8, 4) is 5.75 Å². The molecule has 0 bridgehead atoms. The monoisotopic (exact) mass is 442 g/mol. The molecule has 3 aromatic rings. The smallest absolute Gasteiger partial charge is 0.270 e. The predicted octanol–water partition coefficient (Wildman–Crippen LogP) is 7.23. The molecule has 4 nitrogen and oxygen atoms in total. The highest BCUT2D eigenvalue weighted by Gasteiger charge is 2.23. The van der Waals surface area contributed by atoms with E-state index in [9.17, 15) is 13.6 Å². The Bertz CT molecular complexity index is 1150. The molecule has 0 atom stereocenters. The average Bonchev–Trinajstić information content (AvgIpc) is 3.46. The first-order valence-electron chi connectivity index (χ1n) is 10.9. The van der Waals surface area contributed by atoms with Crippen LogP contribution < -0.4 is 10.1 Å². The summed E-state index contributed by atoms with van der Waals surface area (Å²) in [5.74, 6) is -2.43. The average molecular weight is 443 g/mol. The number of amides is 1. The number of alkyl halides is 2. The topological polar surface area (TPSA) is 54.1 Å². The number of rotatable bonds is 7. The van der Waals surface area contributed by atoms with Crippen LogP contribution in [-0.2, 0) is 17.1 Å². The van der Waals surface area contributed by atoms with Crippen LogP contribution in [0.5, 0.6) is 5.75 Å². The van der Waals surface area contributed by atoms with Gasteiger partial charge >= 0.3 is 0 Å². The number of hydrogen-bond acceptors (Lipinski definition) is 2. The summed E-state index contributed by atoms with van der Waals surface area (Å²) in [4.78, 5) is 15.5. The van der Waals surface area contributed by atoms with E-state index in [4.69, 9.17) is 4.74 Å². The summed E-state index contributed by atoms with van der Waals surface area (Å²) >= 11 is 0. The van der Waals surface area contributed by atoms with E-state index in [1.807, 2.05) is 38.1 Å². The van der Waals surface area contributed by atoms with Crippen molar-refractivity contribution in [2.24, 2.45) is 0 Å². The van der Waals surface area contributed by atoms with Gasteiger partial charge in [-0.3, -0.25) is 4.79 Å². The fourth-order valence-electron chi connectivity index (χ4n) is 3.42. The minimum atomic E-state index is -2.86. The van der Waals surface area contributed by atoms with Gasteiger partial charge in [-0.25, -0.2) is 8.78 Å². The van der Waals surface area contributed by atoms with E-state index in [2.05, 4.69) is 16.0 Å². The molecular formula is C26H32F2N2O2. The van der Waals surface area contributed by atoms with Gasteiger partial charge in [-0.1, -0.05) is 19.9 Å². The van der Waals surface area contributed by atoms with Gasteiger partial charge in [0.1, 0.15) is 5.75 Å². The number of aromatic nitrogens is 1. The lowest BCUT2D eigenvalue weighted by Gasteiger charge is -2.12. The maximum absolute atomic E-state index is 13.3. The third-order valence-corrected chi connectivity index (χ3v) is 5.10. The van der Waals surface area contributed by atoms with Gasteiger partial charge in [0.15, 0.2) is 0 Å². The lowest BCUT2D eigenvalue weighted by Crippen LogP contribution is -2.12. The molecule has 1 aliphatic rings. The predicted molar refractivity (Wildman–Crippen MR) is 129 cm³/mol. The Kier molecular flexibility index (Phi) is 7.49. The number of ether oxygens (including phenoxy) is 1. The molecule has 172 valence electrons. The number of H-pyrrole nitrogens is 1. The van der Waals surface area contributed by atoms with E-state index in [1.165, 1.54) is 12.1 Å². The number of nitrogens with one attached hydrogen (secondary N) is 2. The zero-order valence-corrected chi connectivity index (χ0v) is 18.6. The van der Waals surface area contributed by atoms with Gasteiger partial charge in [0.2, 0.25) is 0 Å². The van der Waals surface area contributed by atoms with Crippen LogP contribution in [0.1, 0.15) is 47.6 Å². The van der Waals surface area contributed by atoms with E-state index in [0.717, 1.165) is 35.5 Å². The van der Waals surface area contributed by atoms with Gasteiger partial charge in [0.25, 0.3) is 11.8 Å². The summed E-state index contributed by atoms with van der Waals surface area (Å²) in [6.07, 6.45) is 5.88. The zero-order valence-electron chi connectivity index (χ0n) is 18.6. The molecule has 0 radical (unpaired) electrons. The number of carbonyl (C=O) groups excluding carboxylic acids is 1. The molecule has 1 aliphatic carbocycles. The van der Waals surface area contributed by atoms with Gasteiger partial charge in [0.05, 0.1) is 17.9 Å². The summed E-state index contributed by atoms with van der Waals surface area (Å²) in [5.41, 5.74) is 6.34. The third-order valence-electron chi connectivity index (χ3n) is 5.10. The molecule has 4 rings (SSSR count). The summed E-state index contributed by atoms with van der Waals surface area (Å²) in [5, 5.41) is 3.88. The number of fused-ring (bicyclic) bond motifs is 1. The van der Waals surface area contributed by atoms with Crippen molar-refractivity contribution < 1.29 is 21.2 Å². The molecule has 0 aliphatic heterocycles. The van der Waals surface area contributed by atoms with Crippen molar-refractivity contribution in [2.75, 3.05) is 11.9 Å². The van der Waals surface area contributed by atoms with Crippen LogP contribution in [0.2, 0.25) is 0 Å². The van der Waals surface area contributed by atoms with Gasteiger partial charge < -0.3 is 15.0 Å². The highest BCUT2D eigenvalue weighted by molar-refractivity contribution is 6.08. The van der Waals surface area contributed by atoms with Crippen LogP contribution in [0.3, 0.4) is 0 Å².